The van der Waals surface area contributed by atoms with Gasteiger partial charge in [0.2, 0.25) is 5.91 Å². The van der Waals surface area contributed by atoms with Gasteiger partial charge in [0.05, 0.1) is 6.42 Å². The average molecular weight is 332 g/mol. The fourth-order valence-corrected chi connectivity index (χ4v) is 3.36. The molecule has 0 heterocycles. The Morgan fingerprint density at radius 2 is 2.00 bits per heavy atom. The largest absolute Gasteiger partial charge is 0.338 e. The predicted octanol–water partition coefficient (Wildman–Crippen LogP) is 4.42. The van der Waals surface area contributed by atoms with Gasteiger partial charge in [-0.15, -0.1) is 11.6 Å². The van der Waals surface area contributed by atoms with Crippen molar-refractivity contribution in [2.45, 2.75) is 44.6 Å². The van der Waals surface area contributed by atoms with E-state index >= 15 is 0 Å². The minimum Gasteiger partial charge on any atom is -0.338 e. The number of rotatable bonds is 5. The van der Waals surface area contributed by atoms with Crippen LogP contribution >= 0.6 is 23.2 Å². The molecule has 116 valence electrons. The number of halogens is 3. The lowest BCUT2D eigenvalue weighted by molar-refractivity contribution is -0.133. The number of benzene rings is 1. The highest BCUT2D eigenvalue weighted by molar-refractivity contribution is 6.31. The third-order valence-corrected chi connectivity index (χ3v) is 4.57. The fourth-order valence-electron chi connectivity index (χ4n) is 2.95. The third kappa shape index (κ3) is 4.33. The summed E-state index contributed by atoms with van der Waals surface area (Å²) in [4.78, 5) is 14.4. The van der Waals surface area contributed by atoms with E-state index in [1.807, 2.05) is 4.90 Å². The molecule has 1 aromatic rings. The Labute approximate surface area is 135 Å². The van der Waals surface area contributed by atoms with Gasteiger partial charge in [-0.25, -0.2) is 4.39 Å². The second-order valence-corrected chi connectivity index (χ2v) is 6.23. The lowest BCUT2D eigenvalue weighted by Crippen LogP contribution is -2.43. The second kappa shape index (κ2) is 8.00. The van der Waals surface area contributed by atoms with Gasteiger partial charge in [0, 0.05) is 29.1 Å². The maximum atomic E-state index is 13.8. The molecule has 1 aliphatic carbocycles. The van der Waals surface area contributed by atoms with Gasteiger partial charge in [0.15, 0.2) is 0 Å². The lowest BCUT2D eigenvalue weighted by Gasteiger charge is -2.34. The van der Waals surface area contributed by atoms with E-state index in [1.54, 1.807) is 12.1 Å². The van der Waals surface area contributed by atoms with Crippen LogP contribution in [-0.2, 0) is 11.2 Å². The minimum atomic E-state index is -0.426. The molecule has 0 unspecified atom stereocenters. The van der Waals surface area contributed by atoms with E-state index in [0.717, 1.165) is 25.7 Å². The van der Waals surface area contributed by atoms with Crippen molar-refractivity contribution in [2.24, 2.45) is 0 Å². The van der Waals surface area contributed by atoms with Crippen LogP contribution in [0.3, 0.4) is 0 Å². The Kier molecular flexibility index (Phi) is 6.31. The van der Waals surface area contributed by atoms with Crippen molar-refractivity contribution in [1.29, 1.82) is 0 Å². The molecule has 0 spiro atoms. The summed E-state index contributed by atoms with van der Waals surface area (Å²) >= 11 is 11.8. The van der Waals surface area contributed by atoms with Gasteiger partial charge in [0.1, 0.15) is 5.82 Å². The van der Waals surface area contributed by atoms with Crippen LogP contribution in [-0.4, -0.2) is 29.3 Å². The number of nitrogens with zero attached hydrogens (tertiary/aromatic N) is 1. The highest BCUT2D eigenvalue weighted by Gasteiger charge is 2.26. The number of carbonyl (C=O) groups excluding carboxylic acids is 1. The molecule has 2 nitrogen and oxygen atoms in total. The smallest absolute Gasteiger partial charge is 0.227 e. The molecule has 1 fully saturated rings. The number of alkyl halides is 1. The second-order valence-electron chi connectivity index (χ2n) is 5.44. The van der Waals surface area contributed by atoms with Gasteiger partial charge in [-0.2, -0.15) is 0 Å². The summed E-state index contributed by atoms with van der Waals surface area (Å²) in [5.74, 6) is -0.118. The Morgan fingerprint density at radius 1 is 1.29 bits per heavy atom. The monoisotopic (exact) mass is 331 g/mol. The molecule has 1 amide bonds. The van der Waals surface area contributed by atoms with Crippen molar-refractivity contribution in [3.8, 4) is 0 Å². The zero-order valence-corrected chi connectivity index (χ0v) is 13.5. The fraction of sp³-hybridized carbons (Fsp3) is 0.562. The molecule has 0 bridgehead atoms. The standard InChI is InChI=1S/C16H20Cl2FNO/c17-9-10-20(12-5-2-1-3-6-12)16(21)11-13-14(18)7-4-8-15(13)19/h4,7-8,12H,1-3,5-6,9-11H2. The van der Waals surface area contributed by atoms with Crippen molar-refractivity contribution >= 4 is 29.1 Å². The Bertz CT molecular complexity index is 469. The van der Waals surface area contributed by atoms with E-state index in [1.165, 1.54) is 12.5 Å². The van der Waals surface area contributed by atoms with Crippen molar-refractivity contribution in [1.82, 2.24) is 4.90 Å². The Hall–Kier alpha value is -0.800. The van der Waals surface area contributed by atoms with Gasteiger partial charge in [-0.05, 0) is 25.0 Å². The van der Waals surface area contributed by atoms with E-state index in [-0.39, 0.29) is 23.9 Å². The Morgan fingerprint density at radius 3 is 2.62 bits per heavy atom. The first-order valence-electron chi connectivity index (χ1n) is 7.42. The minimum absolute atomic E-state index is 0.00110. The molecule has 0 saturated heterocycles. The lowest BCUT2D eigenvalue weighted by atomic mass is 9.93. The number of carbonyl (C=O) groups is 1. The van der Waals surface area contributed by atoms with Crippen molar-refractivity contribution in [3.63, 3.8) is 0 Å². The van der Waals surface area contributed by atoms with Gasteiger partial charge < -0.3 is 4.90 Å². The molecule has 0 atom stereocenters. The summed E-state index contributed by atoms with van der Waals surface area (Å²) in [5, 5.41) is 0.304. The Balaban J connectivity index is 2.11. The normalized spacial score (nSPS) is 16.0. The van der Waals surface area contributed by atoms with E-state index in [4.69, 9.17) is 23.2 Å². The molecule has 0 aromatic heterocycles. The molecule has 5 heteroatoms. The summed E-state index contributed by atoms with van der Waals surface area (Å²) in [6, 6.07) is 4.72. The zero-order chi connectivity index (χ0) is 15.2. The van der Waals surface area contributed by atoms with Crippen LogP contribution in [0, 0.1) is 5.82 Å². The van der Waals surface area contributed by atoms with Gasteiger partial charge in [0.25, 0.3) is 0 Å². The van der Waals surface area contributed by atoms with E-state index in [9.17, 15) is 9.18 Å². The summed E-state index contributed by atoms with van der Waals surface area (Å²) in [6.07, 6.45) is 5.51. The van der Waals surface area contributed by atoms with Crippen molar-refractivity contribution in [3.05, 3.63) is 34.6 Å². The molecule has 1 aromatic carbocycles. The summed E-state index contributed by atoms with van der Waals surface area (Å²) in [5.41, 5.74) is 0.277. The summed E-state index contributed by atoms with van der Waals surface area (Å²) in [6.45, 7) is 0.511. The van der Waals surface area contributed by atoms with Gasteiger partial charge in [-0.3, -0.25) is 4.79 Å². The van der Waals surface area contributed by atoms with Crippen LogP contribution in [0.5, 0.6) is 0 Å². The molecular weight excluding hydrogens is 312 g/mol. The van der Waals surface area contributed by atoms with Crippen LogP contribution in [0.25, 0.3) is 0 Å². The van der Waals surface area contributed by atoms with Crippen molar-refractivity contribution in [2.75, 3.05) is 12.4 Å². The summed E-state index contributed by atoms with van der Waals surface area (Å²) in [7, 11) is 0. The quantitative estimate of drug-likeness (QED) is 0.731. The number of hydrogen-bond acceptors (Lipinski definition) is 1. The first kappa shape index (κ1) is 16.6. The van der Waals surface area contributed by atoms with Crippen LogP contribution in [0.1, 0.15) is 37.7 Å². The van der Waals surface area contributed by atoms with Gasteiger partial charge >= 0.3 is 0 Å². The first-order chi connectivity index (χ1) is 10.1. The molecular formula is C16H20Cl2FNO. The van der Waals surface area contributed by atoms with Crippen LogP contribution < -0.4 is 0 Å². The van der Waals surface area contributed by atoms with Gasteiger partial charge in [-0.1, -0.05) is 36.9 Å². The molecule has 1 aliphatic rings. The maximum Gasteiger partial charge on any atom is 0.227 e. The van der Waals surface area contributed by atoms with Crippen LogP contribution in [0.2, 0.25) is 5.02 Å². The third-order valence-electron chi connectivity index (χ3n) is 4.05. The van der Waals surface area contributed by atoms with Crippen LogP contribution in [0.4, 0.5) is 4.39 Å². The molecule has 21 heavy (non-hydrogen) atoms. The average Bonchev–Trinajstić information content (AvgIpc) is 2.49. The topological polar surface area (TPSA) is 20.3 Å². The molecule has 0 aliphatic heterocycles. The summed E-state index contributed by atoms with van der Waals surface area (Å²) < 4.78 is 13.8. The SMILES string of the molecule is O=C(Cc1c(F)cccc1Cl)N(CCCl)C1CCCCC1. The predicted molar refractivity (Wildman–Crippen MR) is 84.4 cm³/mol. The van der Waals surface area contributed by atoms with E-state index < -0.39 is 5.82 Å². The number of hydrogen-bond donors (Lipinski definition) is 0. The molecule has 2 rings (SSSR count). The first-order valence-corrected chi connectivity index (χ1v) is 8.33. The molecule has 0 N–H and O–H groups in total. The van der Waals surface area contributed by atoms with Crippen molar-refractivity contribution < 1.29 is 9.18 Å². The highest BCUT2D eigenvalue weighted by Crippen LogP contribution is 2.25. The van der Waals surface area contributed by atoms with Crippen LogP contribution in [0.15, 0.2) is 18.2 Å². The zero-order valence-electron chi connectivity index (χ0n) is 12.0. The molecule has 1 saturated carbocycles. The molecule has 0 radical (unpaired) electrons. The maximum absolute atomic E-state index is 13.8. The van der Waals surface area contributed by atoms with E-state index in [2.05, 4.69) is 0 Å². The number of amides is 1. The highest BCUT2D eigenvalue weighted by atomic mass is 35.5. The van der Waals surface area contributed by atoms with E-state index in [0.29, 0.717) is 17.4 Å².